The van der Waals surface area contributed by atoms with Crippen molar-refractivity contribution in [3.05, 3.63) is 72.6 Å². The minimum Gasteiger partial charge on any atom is -0.383 e. The summed E-state index contributed by atoms with van der Waals surface area (Å²) < 4.78 is 1.83. The first kappa shape index (κ1) is 28.6. The molecular formula is C31H35N9O2. The highest BCUT2D eigenvalue weighted by Crippen LogP contribution is 2.34. The number of nitriles is 1. The smallest absolute Gasteiger partial charge is 0.264 e. The third-order valence-electron chi connectivity index (χ3n) is 7.01. The fraction of sp³-hybridized carbons (Fsp3) is 0.323. The van der Waals surface area contributed by atoms with E-state index in [-0.39, 0.29) is 22.9 Å². The lowest BCUT2D eigenvalue weighted by Gasteiger charge is -2.33. The van der Waals surface area contributed by atoms with Crippen LogP contribution in [0.25, 0.3) is 22.3 Å². The number of carbonyl (C=O) groups is 1. The maximum atomic E-state index is 13.3. The zero-order valence-electron chi connectivity index (χ0n) is 24.0. The first-order valence-corrected chi connectivity index (χ1v) is 13.9. The quantitative estimate of drug-likeness (QED) is 0.143. The van der Waals surface area contributed by atoms with Gasteiger partial charge in [-0.15, -0.1) is 0 Å². The molecule has 2 aromatic carbocycles. The van der Waals surface area contributed by atoms with Gasteiger partial charge < -0.3 is 26.4 Å². The molecule has 11 nitrogen and oxygen atoms in total. The second kappa shape index (κ2) is 11.9. The summed E-state index contributed by atoms with van der Waals surface area (Å²) in [5.74, 6) is 0.0459. The molecule has 3 heterocycles. The molecule has 42 heavy (non-hydrogen) atoms. The van der Waals surface area contributed by atoms with Gasteiger partial charge in [0.25, 0.3) is 5.91 Å². The van der Waals surface area contributed by atoms with E-state index in [4.69, 9.17) is 10.8 Å². The minimum atomic E-state index is -0.987. The van der Waals surface area contributed by atoms with Crippen molar-refractivity contribution < 1.29 is 9.90 Å². The summed E-state index contributed by atoms with van der Waals surface area (Å²) in [7, 11) is 0. The number of anilines is 3. The van der Waals surface area contributed by atoms with E-state index in [9.17, 15) is 15.2 Å². The predicted octanol–water partition coefficient (Wildman–Crippen LogP) is 4.53. The lowest BCUT2D eigenvalue weighted by molar-refractivity contribution is -0.128. The number of amides is 1. The van der Waals surface area contributed by atoms with Crippen molar-refractivity contribution in [2.75, 3.05) is 29.5 Å². The maximum Gasteiger partial charge on any atom is 0.264 e. The van der Waals surface area contributed by atoms with Crippen molar-refractivity contribution in [2.45, 2.75) is 46.0 Å². The number of nitrogens with zero attached hydrogens (tertiary/aromatic N) is 6. The zero-order chi connectivity index (χ0) is 29.9. The highest BCUT2D eigenvalue weighted by molar-refractivity contribution is 5.99. The van der Waals surface area contributed by atoms with Crippen molar-refractivity contribution in [3.63, 3.8) is 0 Å². The SMILES string of the molecule is CC(C)(C)/C=C(\C#N)C(=O)N1CCC[C@@H](n2nc(-c3ccc(NC(O)Nc4ccccc4)cc3)c3c(N)ncnc32)C1. The number of aliphatic hydroxyl groups excluding tert-OH is 1. The standard InChI is InChI=1S/C31H35N9O2/c1-31(2,3)16-21(17-32)29(41)39-15-7-10-24(18-39)40-28-25(27(33)34-19-35-28)26(38-40)20-11-13-23(14-12-20)37-30(42)36-22-8-5-4-6-9-22/h4-6,8-9,11-14,16,19,24,30,36-37,42H,7,10,15,18H2,1-3H3,(H2,33,34,35)/b21-16+/t24-,30?/m1/s1. The number of para-hydroxylation sites is 1. The molecule has 0 saturated carbocycles. The van der Waals surface area contributed by atoms with Crippen LogP contribution in [-0.2, 0) is 4.79 Å². The number of hydrogen-bond acceptors (Lipinski definition) is 9. The van der Waals surface area contributed by atoms with Crippen LogP contribution in [0.5, 0.6) is 0 Å². The number of nitrogens with one attached hydrogen (secondary N) is 2. The van der Waals surface area contributed by atoms with Crippen LogP contribution in [0.1, 0.15) is 39.7 Å². The molecule has 0 bridgehead atoms. The van der Waals surface area contributed by atoms with E-state index >= 15 is 0 Å². The number of piperidine rings is 1. The molecule has 1 amide bonds. The molecule has 2 aromatic heterocycles. The first-order valence-electron chi connectivity index (χ1n) is 13.9. The fourth-order valence-electron chi connectivity index (χ4n) is 5.15. The molecule has 1 unspecified atom stereocenters. The van der Waals surface area contributed by atoms with E-state index in [0.29, 0.717) is 41.3 Å². The maximum absolute atomic E-state index is 13.3. The Bertz CT molecular complexity index is 1630. The number of fused-ring (bicyclic) bond motifs is 1. The molecule has 11 heteroatoms. The number of nitrogens with two attached hydrogens (primary N) is 1. The summed E-state index contributed by atoms with van der Waals surface area (Å²) in [6, 6.07) is 18.8. The minimum absolute atomic E-state index is 0.150. The predicted molar refractivity (Wildman–Crippen MR) is 163 cm³/mol. The summed E-state index contributed by atoms with van der Waals surface area (Å²) in [4.78, 5) is 23.7. The molecule has 1 aliphatic rings. The third kappa shape index (κ3) is 6.34. The lowest BCUT2D eigenvalue weighted by atomic mass is 9.93. The van der Waals surface area contributed by atoms with Crippen LogP contribution in [0.15, 0.2) is 72.6 Å². The van der Waals surface area contributed by atoms with Crippen LogP contribution in [0.4, 0.5) is 17.2 Å². The van der Waals surface area contributed by atoms with Gasteiger partial charge in [0, 0.05) is 30.0 Å². The monoisotopic (exact) mass is 565 g/mol. The molecule has 0 radical (unpaired) electrons. The van der Waals surface area contributed by atoms with Gasteiger partial charge in [-0.25, -0.2) is 14.6 Å². The first-order chi connectivity index (χ1) is 20.1. The van der Waals surface area contributed by atoms with Gasteiger partial charge in [-0.2, -0.15) is 10.4 Å². The second-order valence-corrected chi connectivity index (χ2v) is 11.5. The number of carbonyl (C=O) groups excluding carboxylic acids is 1. The number of hydrogen-bond donors (Lipinski definition) is 4. The van der Waals surface area contributed by atoms with Gasteiger partial charge in [0.05, 0.1) is 11.4 Å². The normalized spacial score (nSPS) is 16.6. The Balaban J connectivity index is 1.39. The van der Waals surface area contributed by atoms with Crippen molar-refractivity contribution in [2.24, 2.45) is 5.41 Å². The number of nitrogen functional groups attached to an aromatic ring is 1. The molecule has 0 spiro atoms. The van der Waals surface area contributed by atoms with Gasteiger partial charge in [0.15, 0.2) is 5.65 Å². The molecule has 1 saturated heterocycles. The summed E-state index contributed by atoms with van der Waals surface area (Å²) >= 11 is 0. The highest BCUT2D eigenvalue weighted by Gasteiger charge is 2.30. The number of aliphatic hydroxyl groups is 1. The summed E-state index contributed by atoms with van der Waals surface area (Å²) in [5, 5.41) is 31.7. The molecule has 5 rings (SSSR count). The van der Waals surface area contributed by atoms with Crippen LogP contribution in [-0.4, -0.2) is 55.1 Å². The van der Waals surface area contributed by atoms with E-state index in [2.05, 4.69) is 26.7 Å². The molecule has 216 valence electrons. The average molecular weight is 566 g/mol. The van der Waals surface area contributed by atoms with Crippen LogP contribution < -0.4 is 16.4 Å². The van der Waals surface area contributed by atoms with E-state index in [0.717, 1.165) is 24.1 Å². The van der Waals surface area contributed by atoms with Gasteiger partial charge in [-0.3, -0.25) is 4.79 Å². The summed E-state index contributed by atoms with van der Waals surface area (Å²) in [6.45, 7) is 6.86. The van der Waals surface area contributed by atoms with Crippen LogP contribution in [0, 0.1) is 16.7 Å². The van der Waals surface area contributed by atoms with Gasteiger partial charge in [0.2, 0.25) is 6.35 Å². The molecule has 1 fully saturated rings. The van der Waals surface area contributed by atoms with Crippen molar-refractivity contribution in [3.8, 4) is 17.3 Å². The Morgan fingerprint density at radius 3 is 2.48 bits per heavy atom. The summed E-state index contributed by atoms with van der Waals surface area (Å²) in [5.41, 5.74) is 9.72. The molecule has 4 aromatic rings. The number of likely N-dealkylation sites (tertiary alicyclic amines) is 1. The fourth-order valence-corrected chi connectivity index (χ4v) is 5.15. The molecular weight excluding hydrogens is 530 g/mol. The Morgan fingerprint density at radius 2 is 1.81 bits per heavy atom. The molecule has 5 N–H and O–H groups in total. The number of allylic oxidation sites excluding steroid dienone is 1. The van der Waals surface area contributed by atoms with Gasteiger partial charge in [-0.1, -0.05) is 57.2 Å². The Kier molecular flexibility index (Phi) is 8.08. The van der Waals surface area contributed by atoms with Gasteiger partial charge >= 0.3 is 0 Å². The summed E-state index contributed by atoms with van der Waals surface area (Å²) in [6.07, 6.45) is 3.72. The lowest BCUT2D eigenvalue weighted by Crippen LogP contribution is -2.41. The molecule has 1 aliphatic heterocycles. The second-order valence-electron chi connectivity index (χ2n) is 11.5. The van der Waals surface area contributed by atoms with E-state index in [1.54, 1.807) is 11.0 Å². The number of rotatable bonds is 7. The number of aromatic nitrogens is 4. The van der Waals surface area contributed by atoms with Gasteiger partial charge in [-0.05, 0) is 42.5 Å². The number of benzene rings is 2. The van der Waals surface area contributed by atoms with E-state index in [1.165, 1.54) is 6.33 Å². The Hall–Kier alpha value is -4.95. The van der Waals surface area contributed by atoms with Crippen LogP contribution in [0.3, 0.4) is 0 Å². The molecule has 2 atom stereocenters. The topological polar surface area (TPSA) is 158 Å². The third-order valence-corrected chi connectivity index (χ3v) is 7.01. The van der Waals surface area contributed by atoms with Crippen molar-refractivity contribution >= 4 is 34.1 Å². The Morgan fingerprint density at radius 1 is 1.12 bits per heavy atom. The largest absolute Gasteiger partial charge is 0.383 e. The molecule has 0 aliphatic carbocycles. The Labute approximate surface area is 244 Å². The van der Waals surface area contributed by atoms with E-state index in [1.807, 2.05) is 80.1 Å². The van der Waals surface area contributed by atoms with Crippen molar-refractivity contribution in [1.82, 2.24) is 24.6 Å². The van der Waals surface area contributed by atoms with Crippen LogP contribution in [0.2, 0.25) is 0 Å². The van der Waals surface area contributed by atoms with Crippen molar-refractivity contribution in [1.29, 1.82) is 5.26 Å². The van der Waals surface area contributed by atoms with E-state index < -0.39 is 6.35 Å². The highest BCUT2D eigenvalue weighted by atomic mass is 16.3. The average Bonchev–Trinajstić information content (AvgIpc) is 3.37. The zero-order valence-corrected chi connectivity index (χ0v) is 24.0. The van der Waals surface area contributed by atoms with Gasteiger partial charge in [0.1, 0.15) is 29.5 Å². The van der Waals surface area contributed by atoms with Crippen LogP contribution >= 0.6 is 0 Å².